The number of likely N-dealkylation sites (N-methyl/N-ethyl adjacent to an activating group) is 1. The van der Waals surface area contributed by atoms with E-state index in [1.165, 1.54) is 0 Å². The van der Waals surface area contributed by atoms with Gasteiger partial charge in [0.2, 0.25) is 4.77 Å². The molecule has 0 aromatic carbocycles. The van der Waals surface area contributed by atoms with Crippen molar-refractivity contribution < 1.29 is 0 Å². The number of rotatable bonds is 3. The summed E-state index contributed by atoms with van der Waals surface area (Å²) in [6.45, 7) is 6.35. The lowest BCUT2D eigenvalue weighted by Gasteiger charge is -2.32. The fraction of sp³-hybridized carbons (Fsp3) is 0.583. The zero-order chi connectivity index (χ0) is 14.1. The molecule has 1 fully saturated rings. The Balaban J connectivity index is 1.90. The molecule has 8 heteroatoms. The van der Waals surface area contributed by atoms with Gasteiger partial charge < -0.3 is 9.80 Å². The smallest absolute Gasteiger partial charge is 0.213 e. The van der Waals surface area contributed by atoms with Crippen LogP contribution in [0.2, 0.25) is 0 Å². The van der Waals surface area contributed by atoms with Gasteiger partial charge in [-0.2, -0.15) is 4.98 Å². The minimum absolute atomic E-state index is 0.483. The van der Waals surface area contributed by atoms with Crippen LogP contribution in [0.4, 0.5) is 5.13 Å². The summed E-state index contributed by atoms with van der Waals surface area (Å²) in [6, 6.07) is 0. The van der Waals surface area contributed by atoms with Crippen LogP contribution in [0.15, 0.2) is 0 Å². The molecule has 1 aliphatic heterocycles. The number of anilines is 1. The molecular weight excluding hydrogens is 292 g/mol. The number of hydrogen-bond donors (Lipinski definition) is 2. The second kappa shape index (κ2) is 5.63. The highest BCUT2D eigenvalue weighted by atomic mass is 32.1. The first-order valence-corrected chi connectivity index (χ1v) is 7.98. The maximum absolute atomic E-state index is 5.03. The van der Waals surface area contributed by atoms with E-state index in [-0.39, 0.29) is 0 Å². The number of nitrogens with zero attached hydrogens (tertiary/aromatic N) is 4. The number of hydrogen-bond acceptors (Lipinski definition) is 6. The molecular formula is C12H18N6S2. The number of thiazole rings is 1. The molecule has 6 nitrogen and oxygen atoms in total. The largest absolute Gasteiger partial charge is 0.346 e. The third-order valence-corrected chi connectivity index (χ3v) is 4.87. The van der Waals surface area contributed by atoms with E-state index < -0.39 is 0 Å². The Kier molecular flexibility index (Phi) is 3.86. The summed E-state index contributed by atoms with van der Waals surface area (Å²) in [7, 11) is 2.16. The number of piperazine rings is 1. The van der Waals surface area contributed by atoms with E-state index in [2.05, 4.69) is 39.0 Å². The average Bonchev–Trinajstić information content (AvgIpc) is 3.05. The molecule has 0 radical (unpaired) electrons. The Morgan fingerprint density at radius 2 is 1.95 bits per heavy atom. The molecule has 108 valence electrons. The van der Waals surface area contributed by atoms with E-state index in [0.29, 0.717) is 4.77 Å². The van der Waals surface area contributed by atoms with Crippen LogP contribution in [0, 0.1) is 4.77 Å². The van der Waals surface area contributed by atoms with Gasteiger partial charge in [-0.15, -0.1) is 0 Å². The highest BCUT2D eigenvalue weighted by Gasteiger charge is 2.21. The standard InChI is InChI=1S/C12H18N6S2/c1-3-8-9(10-14-11(19)16-15-10)20-12(13-8)18-6-4-17(2)5-7-18/h3-7H2,1-2H3,(H2,14,15,16,19). The molecule has 3 rings (SSSR count). The molecule has 1 aliphatic rings. The SMILES string of the molecule is CCc1nc(N2CCN(C)CC2)sc1-c1nc(=S)[nH][nH]1. The van der Waals surface area contributed by atoms with Gasteiger partial charge in [0.15, 0.2) is 11.0 Å². The molecule has 2 aromatic heterocycles. The van der Waals surface area contributed by atoms with Crippen LogP contribution in [-0.2, 0) is 6.42 Å². The lowest BCUT2D eigenvalue weighted by atomic mass is 10.3. The van der Waals surface area contributed by atoms with E-state index in [1.54, 1.807) is 11.3 Å². The lowest BCUT2D eigenvalue weighted by molar-refractivity contribution is 0.312. The summed E-state index contributed by atoms with van der Waals surface area (Å²) in [5, 5.41) is 6.96. The predicted octanol–water partition coefficient (Wildman–Crippen LogP) is 1.90. The normalized spacial score (nSPS) is 16.8. The fourth-order valence-electron chi connectivity index (χ4n) is 2.27. The molecule has 0 atom stereocenters. The summed E-state index contributed by atoms with van der Waals surface area (Å²) in [5.41, 5.74) is 1.08. The lowest BCUT2D eigenvalue weighted by Crippen LogP contribution is -2.44. The Hall–Kier alpha value is -1.25. The quantitative estimate of drug-likeness (QED) is 0.848. The van der Waals surface area contributed by atoms with E-state index in [4.69, 9.17) is 17.2 Å². The summed E-state index contributed by atoms with van der Waals surface area (Å²) < 4.78 is 0.483. The molecule has 0 aliphatic carbocycles. The maximum atomic E-state index is 5.03. The molecule has 1 saturated heterocycles. The van der Waals surface area contributed by atoms with E-state index in [9.17, 15) is 0 Å². The second-order valence-corrected chi connectivity index (χ2v) is 6.30. The molecule has 3 heterocycles. The number of nitrogens with one attached hydrogen (secondary N) is 2. The van der Waals surface area contributed by atoms with E-state index in [0.717, 1.165) is 54.1 Å². The molecule has 0 saturated carbocycles. The molecule has 0 bridgehead atoms. The van der Waals surface area contributed by atoms with E-state index in [1.807, 2.05) is 0 Å². The monoisotopic (exact) mass is 310 g/mol. The first kappa shape index (κ1) is 13.7. The molecule has 0 spiro atoms. The highest BCUT2D eigenvalue weighted by Crippen LogP contribution is 2.33. The van der Waals surface area contributed by atoms with Crippen molar-refractivity contribution in [3.63, 3.8) is 0 Å². The number of aryl methyl sites for hydroxylation is 1. The van der Waals surface area contributed by atoms with Crippen LogP contribution < -0.4 is 4.90 Å². The Morgan fingerprint density at radius 1 is 1.20 bits per heavy atom. The van der Waals surface area contributed by atoms with Gasteiger partial charge in [-0.05, 0) is 25.7 Å². The number of aromatic amines is 2. The molecule has 0 amide bonds. The summed E-state index contributed by atoms with van der Waals surface area (Å²) >= 11 is 6.72. The van der Waals surface area contributed by atoms with Crippen molar-refractivity contribution in [2.24, 2.45) is 0 Å². The van der Waals surface area contributed by atoms with Gasteiger partial charge in [-0.25, -0.2) is 4.98 Å². The van der Waals surface area contributed by atoms with Gasteiger partial charge in [0.25, 0.3) is 0 Å². The van der Waals surface area contributed by atoms with Gasteiger partial charge in [0, 0.05) is 26.2 Å². The van der Waals surface area contributed by atoms with Gasteiger partial charge in [0.1, 0.15) is 0 Å². The molecule has 2 aromatic rings. The Morgan fingerprint density at radius 3 is 2.55 bits per heavy atom. The second-order valence-electron chi connectivity index (χ2n) is 4.93. The van der Waals surface area contributed by atoms with Crippen LogP contribution in [0.5, 0.6) is 0 Å². The average molecular weight is 310 g/mol. The minimum Gasteiger partial charge on any atom is -0.346 e. The van der Waals surface area contributed by atoms with Crippen molar-refractivity contribution in [1.82, 2.24) is 25.1 Å². The third-order valence-electron chi connectivity index (χ3n) is 3.51. The summed E-state index contributed by atoms with van der Waals surface area (Å²) in [5.74, 6) is 0.796. The van der Waals surface area contributed by atoms with Crippen molar-refractivity contribution in [3.8, 4) is 10.7 Å². The van der Waals surface area contributed by atoms with Gasteiger partial charge in [-0.1, -0.05) is 18.3 Å². The molecule has 0 unspecified atom stereocenters. The van der Waals surface area contributed by atoms with Gasteiger partial charge in [0.05, 0.1) is 10.6 Å². The fourth-order valence-corrected chi connectivity index (χ4v) is 3.57. The first-order chi connectivity index (χ1) is 9.67. The topological polar surface area (TPSA) is 63.8 Å². The van der Waals surface area contributed by atoms with Gasteiger partial charge >= 0.3 is 0 Å². The highest BCUT2D eigenvalue weighted by molar-refractivity contribution is 7.71. The van der Waals surface area contributed by atoms with Crippen LogP contribution >= 0.6 is 23.6 Å². The Labute approximate surface area is 126 Å². The summed E-state index contributed by atoms with van der Waals surface area (Å²) in [6.07, 6.45) is 0.896. The zero-order valence-electron chi connectivity index (χ0n) is 11.6. The predicted molar refractivity (Wildman–Crippen MR) is 84.0 cm³/mol. The van der Waals surface area contributed by atoms with Crippen LogP contribution in [-0.4, -0.2) is 58.3 Å². The van der Waals surface area contributed by atoms with Crippen molar-refractivity contribution in [2.45, 2.75) is 13.3 Å². The first-order valence-electron chi connectivity index (χ1n) is 6.75. The van der Waals surface area contributed by atoms with Crippen LogP contribution in [0.3, 0.4) is 0 Å². The van der Waals surface area contributed by atoms with Crippen LogP contribution in [0.25, 0.3) is 10.7 Å². The van der Waals surface area contributed by atoms with Crippen molar-refractivity contribution in [1.29, 1.82) is 0 Å². The van der Waals surface area contributed by atoms with Crippen molar-refractivity contribution in [3.05, 3.63) is 10.5 Å². The maximum Gasteiger partial charge on any atom is 0.213 e. The number of aromatic nitrogens is 4. The molecule has 20 heavy (non-hydrogen) atoms. The third kappa shape index (κ3) is 2.63. The van der Waals surface area contributed by atoms with Crippen LogP contribution in [0.1, 0.15) is 12.6 Å². The summed E-state index contributed by atoms with van der Waals surface area (Å²) in [4.78, 5) is 14.9. The Bertz CT molecular complexity index is 634. The van der Waals surface area contributed by atoms with Crippen molar-refractivity contribution in [2.75, 3.05) is 38.1 Å². The molecule has 2 N–H and O–H groups in total. The zero-order valence-corrected chi connectivity index (χ0v) is 13.3. The van der Waals surface area contributed by atoms with Gasteiger partial charge in [-0.3, -0.25) is 10.2 Å². The minimum atomic E-state index is 0.483. The number of H-pyrrole nitrogens is 2. The van der Waals surface area contributed by atoms with Crippen molar-refractivity contribution >= 4 is 28.7 Å². The van der Waals surface area contributed by atoms with E-state index >= 15 is 0 Å².